The third-order valence-electron chi connectivity index (χ3n) is 2.66. The van der Waals surface area contributed by atoms with Crippen molar-refractivity contribution >= 4 is 37.5 Å². The van der Waals surface area contributed by atoms with Gasteiger partial charge in [-0.3, -0.25) is 0 Å². The molecule has 2 aromatic rings. The van der Waals surface area contributed by atoms with E-state index in [1.807, 2.05) is 0 Å². The molecule has 0 amide bonds. The molecule has 0 radical (unpaired) electrons. The Morgan fingerprint density at radius 1 is 0.762 bits per heavy atom. The molecule has 0 bridgehead atoms. The van der Waals surface area contributed by atoms with Crippen LogP contribution in [0.5, 0.6) is 0 Å². The highest BCUT2D eigenvalue weighted by Crippen LogP contribution is 2.28. The molecule has 0 spiro atoms. The third kappa shape index (κ3) is 3.21. The first-order chi connectivity index (χ1) is 9.82. The van der Waals surface area contributed by atoms with Crippen LogP contribution in [0.15, 0.2) is 27.1 Å². The molecule has 0 unspecified atom stereocenters. The van der Waals surface area contributed by atoms with E-state index in [4.69, 9.17) is 0 Å². The van der Waals surface area contributed by atoms with Crippen molar-refractivity contribution in [1.82, 2.24) is 0 Å². The van der Waals surface area contributed by atoms with Crippen molar-refractivity contribution in [2.75, 3.05) is 5.32 Å². The van der Waals surface area contributed by atoms with Crippen LogP contribution in [0.25, 0.3) is 0 Å². The van der Waals surface area contributed by atoms with Gasteiger partial charge in [0, 0.05) is 15.5 Å². The van der Waals surface area contributed by atoms with Gasteiger partial charge in [0.15, 0.2) is 23.3 Å². The van der Waals surface area contributed by atoms with Crippen molar-refractivity contribution in [2.24, 2.45) is 0 Å². The second kappa shape index (κ2) is 6.31. The third-order valence-corrected chi connectivity index (χ3v) is 4.54. The second-order valence-electron chi connectivity index (χ2n) is 4.05. The fourth-order valence-corrected chi connectivity index (χ4v) is 2.27. The second-order valence-corrected chi connectivity index (χ2v) is 5.76. The summed E-state index contributed by atoms with van der Waals surface area (Å²) in [6.07, 6.45) is 0. The molecule has 0 aromatic heterocycles. The first kappa shape index (κ1) is 16.2. The molecule has 0 saturated carbocycles. The predicted molar refractivity (Wildman–Crippen MR) is 75.4 cm³/mol. The average Bonchev–Trinajstić information content (AvgIpc) is 2.46. The highest BCUT2D eigenvalue weighted by Gasteiger charge is 2.25. The van der Waals surface area contributed by atoms with Crippen molar-refractivity contribution in [3.05, 3.63) is 61.8 Å². The number of halogens is 7. The summed E-state index contributed by atoms with van der Waals surface area (Å²) >= 11 is 6.49. The molecule has 0 saturated heterocycles. The molecule has 2 rings (SSSR count). The fraction of sp³-hybridized carbons (Fsp3) is 0.0769. The van der Waals surface area contributed by atoms with Crippen molar-refractivity contribution in [1.29, 1.82) is 0 Å². The quantitative estimate of drug-likeness (QED) is 0.384. The lowest BCUT2D eigenvalue weighted by molar-refractivity contribution is 0.381. The summed E-state index contributed by atoms with van der Waals surface area (Å²) < 4.78 is 67.3. The standard InChI is InChI=1S/C13H6Br2F5N/c14-6-2-1-5(3-7(6)15)4-21-13-11(19)9(17)8(16)10(18)12(13)20/h1-3,21H,4H2. The molecule has 1 nitrogen and oxygen atoms in total. The van der Waals surface area contributed by atoms with Crippen LogP contribution in [0.2, 0.25) is 0 Å². The number of rotatable bonds is 3. The van der Waals surface area contributed by atoms with E-state index in [1.165, 1.54) is 0 Å². The largest absolute Gasteiger partial charge is 0.376 e. The molecular weight excluding hydrogens is 425 g/mol. The van der Waals surface area contributed by atoms with E-state index in [-0.39, 0.29) is 6.54 Å². The first-order valence-electron chi connectivity index (χ1n) is 5.52. The van der Waals surface area contributed by atoms with Crippen LogP contribution in [0.1, 0.15) is 5.56 Å². The van der Waals surface area contributed by atoms with Crippen LogP contribution in [0.3, 0.4) is 0 Å². The SMILES string of the molecule is Fc1c(F)c(F)c(NCc2ccc(Br)c(Br)c2)c(F)c1F. The van der Waals surface area contributed by atoms with Crippen LogP contribution in [0, 0.1) is 29.1 Å². The molecule has 0 aliphatic carbocycles. The van der Waals surface area contributed by atoms with E-state index >= 15 is 0 Å². The van der Waals surface area contributed by atoms with Crippen molar-refractivity contribution in [3.63, 3.8) is 0 Å². The van der Waals surface area contributed by atoms with Crippen LogP contribution in [0.4, 0.5) is 27.6 Å². The maximum atomic E-state index is 13.4. The van der Waals surface area contributed by atoms with Gasteiger partial charge >= 0.3 is 0 Å². The molecular formula is C13H6Br2F5N. The first-order valence-corrected chi connectivity index (χ1v) is 7.10. The minimum Gasteiger partial charge on any atom is -0.376 e. The number of hydrogen-bond donors (Lipinski definition) is 1. The smallest absolute Gasteiger partial charge is 0.200 e. The molecule has 1 N–H and O–H groups in total. The topological polar surface area (TPSA) is 12.0 Å². The predicted octanol–water partition coefficient (Wildman–Crippen LogP) is 5.52. The minimum atomic E-state index is -2.18. The van der Waals surface area contributed by atoms with Gasteiger partial charge in [-0.15, -0.1) is 0 Å². The number of benzene rings is 2. The van der Waals surface area contributed by atoms with Crippen LogP contribution >= 0.6 is 31.9 Å². The molecule has 8 heteroatoms. The Morgan fingerprint density at radius 2 is 1.29 bits per heavy atom. The molecule has 2 aromatic carbocycles. The fourth-order valence-electron chi connectivity index (χ4n) is 1.60. The van der Waals surface area contributed by atoms with Crippen molar-refractivity contribution < 1.29 is 22.0 Å². The summed E-state index contributed by atoms with van der Waals surface area (Å²) in [5.41, 5.74) is -0.459. The zero-order valence-electron chi connectivity index (χ0n) is 10.1. The summed E-state index contributed by atoms with van der Waals surface area (Å²) in [7, 11) is 0. The van der Waals surface area contributed by atoms with Gasteiger partial charge in [-0.05, 0) is 49.6 Å². The van der Waals surface area contributed by atoms with Crippen LogP contribution in [-0.2, 0) is 6.54 Å². The Bertz CT molecular complexity index is 676. The average molecular weight is 431 g/mol. The van der Waals surface area contributed by atoms with E-state index in [0.717, 1.165) is 4.47 Å². The van der Waals surface area contributed by atoms with E-state index in [1.54, 1.807) is 18.2 Å². The van der Waals surface area contributed by atoms with Gasteiger partial charge in [-0.25, -0.2) is 22.0 Å². The minimum absolute atomic E-state index is 0.107. The summed E-state index contributed by atoms with van der Waals surface area (Å²) in [5.74, 6) is -9.91. The molecule has 0 aliphatic heterocycles. The van der Waals surface area contributed by atoms with E-state index in [2.05, 4.69) is 37.2 Å². The van der Waals surface area contributed by atoms with E-state index < -0.39 is 34.8 Å². The van der Waals surface area contributed by atoms with Crippen LogP contribution in [-0.4, -0.2) is 0 Å². The lowest BCUT2D eigenvalue weighted by atomic mass is 10.2. The lowest BCUT2D eigenvalue weighted by Gasteiger charge is -2.11. The van der Waals surface area contributed by atoms with Gasteiger partial charge in [0.05, 0.1) is 0 Å². The highest BCUT2D eigenvalue weighted by atomic mass is 79.9. The molecule has 21 heavy (non-hydrogen) atoms. The Hall–Kier alpha value is -1.15. The summed E-state index contributed by atoms with van der Waals surface area (Å²) in [5, 5.41) is 2.22. The van der Waals surface area contributed by atoms with E-state index in [9.17, 15) is 22.0 Å². The summed E-state index contributed by atoms with van der Waals surface area (Å²) in [4.78, 5) is 0. The van der Waals surface area contributed by atoms with Gasteiger partial charge in [-0.1, -0.05) is 6.07 Å². The number of hydrogen-bond acceptors (Lipinski definition) is 1. The van der Waals surface area contributed by atoms with Crippen molar-refractivity contribution in [3.8, 4) is 0 Å². The van der Waals surface area contributed by atoms with Gasteiger partial charge in [0.2, 0.25) is 5.82 Å². The zero-order valence-corrected chi connectivity index (χ0v) is 13.3. The monoisotopic (exact) mass is 429 g/mol. The van der Waals surface area contributed by atoms with Gasteiger partial charge in [-0.2, -0.15) is 0 Å². The lowest BCUT2D eigenvalue weighted by Crippen LogP contribution is -2.09. The molecule has 112 valence electrons. The molecule has 0 atom stereocenters. The summed E-state index contributed by atoms with van der Waals surface area (Å²) in [6, 6.07) is 4.96. The highest BCUT2D eigenvalue weighted by molar-refractivity contribution is 9.13. The van der Waals surface area contributed by atoms with Crippen LogP contribution < -0.4 is 5.32 Å². The van der Waals surface area contributed by atoms with E-state index in [0.29, 0.717) is 10.0 Å². The molecule has 0 fully saturated rings. The maximum absolute atomic E-state index is 13.4. The summed E-state index contributed by atoms with van der Waals surface area (Å²) in [6.45, 7) is -0.107. The Kier molecular flexibility index (Phi) is 4.88. The molecule has 0 aliphatic rings. The Balaban J connectivity index is 2.30. The maximum Gasteiger partial charge on any atom is 0.200 e. The van der Waals surface area contributed by atoms with Gasteiger partial charge in [0.25, 0.3) is 0 Å². The Morgan fingerprint density at radius 3 is 1.81 bits per heavy atom. The molecule has 0 heterocycles. The number of anilines is 1. The van der Waals surface area contributed by atoms with Gasteiger partial charge in [0.1, 0.15) is 5.69 Å². The normalized spacial score (nSPS) is 10.8. The van der Waals surface area contributed by atoms with Crippen molar-refractivity contribution in [2.45, 2.75) is 6.54 Å². The van der Waals surface area contributed by atoms with Gasteiger partial charge < -0.3 is 5.32 Å². The zero-order chi connectivity index (χ0) is 15.7. The Labute approximate surface area is 133 Å². The number of nitrogens with one attached hydrogen (secondary N) is 1.